The molecule has 2 amide bonds. The molecule has 5 nitrogen and oxygen atoms in total. The Morgan fingerprint density at radius 1 is 1.08 bits per heavy atom. The molecule has 25 heavy (non-hydrogen) atoms. The number of thiocarbonyl (C=S) groups is 1. The number of nitrogens with one attached hydrogen (secondary N) is 3. The molecule has 2 aromatic rings. The van der Waals surface area contributed by atoms with Gasteiger partial charge in [-0.05, 0) is 49.0 Å². The number of hydrogen-bond acceptors (Lipinski definition) is 3. The van der Waals surface area contributed by atoms with Gasteiger partial charge in [-0.1, -0.05) is 47.5 Å². The molecule has 2 rings (SSSR count). The highest BCUT2D eigenvalue weighted by atomic mass is 35.5. The number of carbonyl (C=O) groups excluding carboxylic acids is 2. The van der Waals surface area contributed by atoms with E-state index in [9.17, 15) is 9.59 Å². The number of rotatable bonds is 3. The van der Waals surface area contributed by atoms with E-state index < -0.39 is 5.91 Å². The summed E-state index contributed by atoms with van der Waals surface area (Å²) in [6.07, 6.45) is 2.88. The second kappa shape index (κ2) is 8.96. The van der Waals surface area contributed by atoms with E-state index in [2.05, 4.69) is 16.2 Å². The van der Waals surface area contributed by atoms with Crippen molar-refractivity contribution < 1.29 is 9.59 Å². The lowest BCUT2D eigenvalue weighted by Crippen LogP contribution is -2.48. The van der Waals surface area contributed by atoms with Crippen molar-refractivity contribution in [1.82, 2.24) is 16.2 Å². The van der Waals surface area contributed by atoms with E-state index >= 15 is 0 Å². The van der Waals surface area contributed by atoms with Crippen LogP contribution in [0.3, 0.4) is 0 Å². The molecule has 0 unspecified atom stereocenters. The maximum absolute atomic E-state index is 12.0. The molecule has 0 atom stereocenters. The number of hydrazine groups is 1. The largest absolute Gasteiger partial charge is 0.298 e. The first kappa shape index (κ1) is 18.6. The highest BCUT2D eigenvalue weighted by molar-refractivity contribution is 7.80. The van der Waals surface area contributed by atoms with Crippen LogP contribution < -0.4 is 16.2 Å². The van der Waals surface area contributed by atoms with Crippen molar-refractivity contribution in [2.75, 3.05) is 0 Å². The lowest BCUT2D eigenvalue weighted by Gasteiger charge is -2.10. The lowest BCUT2D eigenvalue weighted by atomic mass is 10.1. The Hall–Kier alpha value is -2.70. The summed E-state index contributed by atoms with van der Waals surface area (Å²) in [5, 5.41) is 2.95. The van der Waals surface area contributed by atoms with E-state index in [-0.39, 0.29) is 11.0 Å². The molecule has 0 saturated carbocycles. The van der Waals surface area contributed by atoms with Gasteiger partial charge in [0.1, 0.15) is 0 Å². The summed E-state index contributed by atoms with van der Waals surface area (Å²) in [4.78, 5) is 23.8. The van der Waals surface area contributed by atoms with E-state index in [0.717, 1.165) is 5.56 Å². The molecule has 0 aliphatic carbocycles. The van der Waals surface area contributed by atoms with Gasteiger partial charge in [0.05, 0.1) is 0 Å². The minimum Gasteiger partial charge on any atom is -0.298 e. The minimum absolute atomic E-state index is 0.0187. The van der Waals surface area contributed by atoms with Crippen LogP contribution >= 0.6 is 23.8 Å². The molecule has 0 bridgehead atoms. The molecule has 0 radical (unpaired) electrons. The quantitative estimate of drug-likeness (QED) is 0.439. The smallest absolute Gasteiger partial charge is 0.269 e. The van der Waals surface area contributed by atoms with Gasteiger partial charge in [0, 0.05) is 16.7 Å². The molecule has 0 spiro atoms. The third-order valence-electron chi connectivity index (χ3n) is 3.13. The van der Waals surface area contributed by atoms with Crippen molar-refractivity contribution in [3.05, 3.63) is 76.3 Å². The Bertz CT molecular complexity index is 837. The fraction of sp³-hybridized carbons (Fsp3) is 0.0556. The monoisotopic (exact) mass is 373 g/mol. The van der Waals surface area contributed by atoms with Crippen LogP contribution in [0, 0.1) is 6.92 Å². The standard InChI is InChI=1S/C18H16ClN3O2S/c1-12-5-4-7-14(11-12)17(24)21-22-18(25)20-16(23)10-9-13-6-2-3-8-15(13)19/h2-11H,1H3,(H,21,24)(H2,20,22,23,25)/b10-9+. The molecular weight excluding hydrogens is 358 g/mol. The Balaban J connectivity index is 1.82. The molecule has 128 valence electrons. The molecule has 0 aliphatic heterocycles. The van der Waals surface area contributed by atoms with Gasteiger partial charge in [-0.25, -0.2) is 0 Å². The predicted molar refractivity (Wildman–Crippen MR) is 103 cm³/mol. The number of benzene rings is 2. The van der Waals surface area contributed by atoms with Gasteiger partial charge in [-0.2, -0.15) is 0 Å². The maximum Gasteiger partial charge on any atom is 0.269 e. The van der Waals surface area contributed by atoms with E-state index in [1.807, 2.05) is 19.1 Å². The van der Waals surface area contributed by atoms with Crippen LogP contribution in [0.25, 0.3) is 6.08 Å². The van der Waals surface area contributed by atoms with Crippen LogP contribution in [0.2, 0.25) is 5.02 Å². The zero-order chi connectivity index (χ0) is 18.2. The van der Waals surface area contributed by atoms with Gasteiger partial charge in [0.25, 0.3) is 5.91 Å². The van der Waals surface area contributed by atoms with Gasteiger partial charge >= 0.3 is 0 Å². The lowest BCUT2D eigenvalue weighted by molar-refractivity contribution is -0.115. The molecule has 3 N–H and O–H groups in total. The number of halogens is 1. The van der Waals surface area contributed by atoms with E-state index in [4.69, 9.17) is 23.8 Å². The number of carbonyl (C=O) groups is 2. The maximum atomic E-state index is 12.0. The average molecular weight is 374 g/mol. The fourth-order valence-electron chi connectivity index (χ4n) is 1.93. The van der Waals surface area contributed by atoms with E-state index in [0.29, 0.717) is 16.1 Å². The minimum atomic E-state index is -0.442. The van der Waals surface area contributed by atoms with E-state index in [1.165, 1.54) is 6.08 Å². The SMILES string of the molecule is Cc1cccc(C(=O)NNC(=S)NC(=O)/C=C/c2ccccc2Cl)c1. The molecule has 0 heterocycles. The van der Waals surface area contributed by atoms with Crippen molar-refractivity contribution >= 4 is 46.8 Å². The summed E-state index contributed by atoms with van der Waals surface area (Å²) >= 11 is 11.0. The second-order valence-electron chi connectivity index (χ2n) is 5.12. The van der Waals surface area contributed by atoms with Gasteiger partial charge in [0.2, 0.25) is 5.91 Å². The van der Waals surface area contributed by atoms with Crippen LogP contribution in [-0.4, -0.2) is 16.9 Å². The zero-order valence-electron chi connectivity index (χ0n) is 13.4. The molecular formula is C18H16ClN3O2S. The summed E-state index contributed by atoms with van der Waals surface area (Å²) in [6, 6.07) is 14.2. The Morgan fingerprint density at radius 2 is 1.84 bits per heavy atom. The van der Waals surface area contributed by atoms with Gasteiger partial charge in [-0.15, -0.1) is 0 Å². The molecule has 7 heteroatoms. The van der Waals surface area contributed by atoms with Crippen molar-refractivity contribution in [3.8, 4) is 0 Å². The van der Waals surface area contributed by atoms with Crippen LogP contribution in [0.4, 0.5) is 0 Å². The molecule has 0 aromatic heterocycles. The van der Waals surface area contributed by atoms with Crippen molar-refractivity contribution in [1.29, 1.82) is 0 Å². The third kappa shape index (κ3) is 6.02. The van der Waals surface area contributed by atoms with Gasteiger partial charge in [0.15, 0.2) is 5.11 Å². The van der Waals surface area contributed by atoms with Crippen LogP contribution in [0.1, 0.15) is 21.5 Å². The summed E-state index contributed by atoms with van der Waals surface area (Å²) < 4.78 is 0. The van der Waals surface area contributed by atoms with Crippen LogP contribution in [0.15, 0.2) is 54.6 Å². The Morgan fingerprint density at radius 3 is 2.56 bits per heavy atom. The third-order valence-corrected chi connectivity index (χ3v) is 3.67. The Kier molecular flexibility index (Phi) is 6.68. The highest BCUT2D eigenvalue weighted by Gasteiger charge is 2.06. The summed E-state index contributed by atoms with van der Waals surface area (Å²) in [5.74, 6) is -0.797. The summed E-state index contributed by atoms with van der Waals surface area (Å²) in [6.45, 7) is 1.89. The molecule has 2 aromatic carbocycles. The summed E-state index contributed by atoms with van der Waals surface area (Å²) in [5.41, 5.74) is 7.07. The number of aryl methyl sites for hydroxylation is 1. The first-order valence-corrected chi connectivity index (χ1v) is 8.15. The first-order valence-electron chi connectivity index (χ1n) is 7.36. The second-order valence-corrected chi connectivity index (χ2v) is 5.94. The van der Waals surface area contributed by atoms with Crippen LogP contribution in [-0.2, 0) is 4.79 Å². The van der Waals surface area contributed by atoms with Gasteiger partial charge in [-0.3, -0.25) is 25.8 Å². The highest BCUT2D eigenvalue weighted by Crippen LogP contribution is 2.15. The fourth-order valence-corrected chi connectivity index (χ4v) is 2.28. The molecule has 0 saturated heterocycles. The van der Waals surface area contributed by atoms with Crippen molar-refractivity contribution in [3.63, 3.8) is 0 Å². The predicted octanol–water partition coefficient (Wildman–Crippen LogP) is 3.00. The Labute approximate surface area is 156 Å². The average Bonchev–Trinajstić information content (AvgIpc) is 2.59. The van der Waals surface area contributed by atoms with Crippen LogP contribution in [0.5, 0.6) is 0 Å². The normalized spacial score (nSPS) is 10.3. The topological polar surface area (TPSA) is 70.2 Å². The first-order chi connectivity index (χ1) is 12.0. The van der Waals surface area contributed by atoms with Crippen molar-refractivity contribution in [2.24, 2.45) is 0 Å². The molecule has 0 aliphatic rings. The van der Waals surface area contributed by atoms with E-state index in [1.54, 1.807) is 42.5 Å². The number of hydrogen-bond donors (Lipinski definition) is 3. The zero-order valence-corrected chi connectivity index (χ0v) is 14.9. The summed E-state index contributed by atoms with van der Waals surface area (Å²) in [7, 11) is 0. The molecule has 0 fully saturated rings. The number of amides is 2. The van der Waals surface area contributed by atoms with Gasteiger partial charge < -0.3 is 0 Å². The van der Waals surface area contributed by atoms with Crippen molar-refractivity contribution in [2.45, 2.75) is 6.92 Å².